The van der Waals surface area contributed by atoms with Crippen LogP contribution in [0.3, 0.4) is 0 Å². The predicted molar refractivity (Wildman–Crippen MR) is 105 cm³/mol. The van der Waals surface area contributed by atoms with E-state index in [9.17, 15) is 9.50 Å². The highest BCUT2D eigenvalue weighted by atomic mass is 32.1. The summed E-state index contributed by atoms with van der Waals surface area (Å²) >= 11 is 1.47. The molecule has 3 aromatic rings. The summed E-state index contributed by atoms with van der Waals surface area (Å²) in [7, 11) is 3.20. The molecule has 0 bridgehead atoms. The van der Waals surface area contributed by atoms with Crippen molar-refractivity contribution in [2.75, 3.05) is 25.7 Å². The highest BCUT2D eigenvalue weighted by molar-refractivity contribution is 7.15. The van der Waals surface area contributed by atoms with Gasteiger partial charge in [-0.25, -0.2) is 4.39 Å². The fourth-order valence-electron chi connectivity index (χ4n) is 3.44. The number of hydrogen-bond donors (Lipinski definition) is 1. The van der Waals surface area contributed by atoms with Gasteiger partial charge in [-0.2, -0.15) is 0 Å². The molecular weight excluding hydrogens is 381 g/mol. The molecule has 1 N–H and O–H groups in total. The van der Waals surface area contributed by atoms with Gasteiger partial charge in [0, 0.05) is 24.1 Å². The van der Waals surface area contributed by atoms with E-state index in [2.05, 4.69) is 10.2 Å². The van der Waals surface area contributed by atoms with Gasteiger partial charge in [-0.05, 0) is 29.8 Å². The van der Waals surface area contributed by atoms with Crippen LogP contribution in [0.15, 0.2) is 36.4 Å². The smallest absolute Gasteiger partial charge is 0.208 e. The maximum absolute atomic E-state index is 13.1. The van der Waals surface area contributed by atoms with E-state index in [1.165, 1.54) is 23.5 Å². The molecule has 0 saturated heterocycles. The van der Waals surface area contributed by atoms with Gasteiger partial charge in [0.2, 0.25) is 5.13 Å². The number of halogens is 1. The molecular formula is C20H20FN3O3S. The number of benzene rings is 2. The zero-order chi connectivity index (χ0) is 19.7. The van der Waals surface area contributed by atoms with Crippen molar-refractivity contribution in [1.29, 1.82) is 0 Å². The molecule has 0 saturated carbocycles. The van der Waals surface area contributed by atoms with Crippen LogP contribution in [-0.4, -0.2) is 36.1 Å². The summed E-state index contributed by atoms with van der Waals surface area (Å²) in [6.07, 6.45) is -0.138. The van der Waals surface area contributed by atoms with Gasteiger partial charge >= 0.3 is 0 Å². The first-order chi connectivity index (χ1) is 13.6. The second-order valence-electron chi connectivity index (χ2n) is 6.54. The summed E-state index contributed by atoms with van der Waals surface area (Å²) in [6, 6.07) is 10.0. The van der Waals surface area contributed by atoms with Crippen molar-refractivity contribution in [2.24, 2.45) is 0 Å². The number of aliphatic hydroxyl groups excluding tert-OH is 1. The average molecular weight is 401 g/mol. The van der Waals surface area contributed by atoms with E-state index in [4.69, 9.17) is 9.47 Å². The quantitative estimate of drug-likeness (QED) is 0.707. The van der Waals surface area contributed by atoms with Gasteiger partial charge in [-0.15, -0.1) is 10.2 Å². The number of aliphatic hydroxyl groups is 1. The largest absolute Gasteiger partial charge is 0.496 e. The minimum atomic E-state index is -0.724. The van der Waals surface area contributed by atoms with Gasteiger partial charge in [0.1, 0.15) is 28.4 Å². The Balaban J connectivity index is 1.58. The molecule has 28 heavy (non-hydrogen) atoms. The maximum Gasteiger partial charge on any atom is 0.208 e. The van der Waals surface area contributed by atoms with Gasteiger partial charge in [0.25, 0.3) is 0 Å². The monoisotopic (exact) mass is 401 g/mol. The molecule has 8 heteroatoms. The molecule has 2 aromatic carbocycles. The number of hydrogen-bond acceptors (Lipinski definition) is 7. The standard InChI is InChI=1S/C20H20FN3O3S/c1-26-16-7-8-17(27-2)19-14(16)10-24(11-15(19)25)20-23-22-18(28-20)9-12-3-5-13(21)6-4-12/h3-8,15,25H,9-11H2,1-2H3. The van der Waals surface area contributed by atoms with Gasteiger partial charge in [0.15, 0.2) is 0 Å². The molecule has 0 aliphatic carbocycles. The van der Waals surface area contributed by atoms with Crippen LogP contribution in [0.1, 0.15) is 27.8 Å². The Hall–Kier alpha value is -2.71. The molecule has 1 unspecified atom stereocenters. The van der Waals surface area contributed by atoms with Gasteiger partial charge in [-0.3, -0.25) is 0 Å². The minimum absolute atomic E-state index is 0.257. The molecule has 146 valence electrons. The lowest BCUT2D eigenvalue weighted by atomic mass is 9.95. The number of fused-ring (bicyclic) bond motifs is 1. The van der Waals surface area contributed by atoms with Gasteiger partial charge in [-0.1, -0.05) is 23.5 Å². The number of methoxy groups -OCH3 is 2. The molecule has 0 spiro atoms. The first kappa shape index (κ1) is 18.6. The van der Waals surface area contributed by atoms with E-state index in [-0.39, 0.29) is 5.82 Å². The number of anilines is 1. The lowest BCUT2D eigenvalue weighted by Gasteiger charge is -2.33. The Morgan fingerprint density at radius 2 is 1.82 bits per heavy atom. The lowest BCUT2D eigenvalue weighted by Crippen LogP contribution is -2.34. The summed E-state index contributed by atoms with van der Waals surface area (Å²) in [4.78, 5) is 1.99. The summed E-state index contributed by atoms with van der Waals surface area (Å²) in [5.74, 6) is 1.10. The number of β-amino-alcohol motifs (C(OH)–C–C–N with tert-alkyl or cyclic N) is 1. The molecule has 1 aliphatic rings. The van der Waals surface area contributed by atoms with Crippen molar-refractivity contribution in [2.45, 2.75) is 19.1 Å². The first-order valence-corrected chi connectivity index (χ1v) is 9.64. The molecule has 1 aromatic heterocycles. The van der Waals surface area contributed by atoms with E-state index in [0.717, 1.165) is 26.8 Å². The second-order valence-corrected chi connectivity index (χ2v) is 7.58. The highest BCUT2D eigenvalue weighted by Gasteiger charge is 2.31. The van der Waals surface area contributed by atoms with Crippen molar-refractivity contribution in [1.82, 2.24) is 10.2 Å². The number of aromatic nitrogens is 2. The third-order valence-electron chi connectivity index (χ3n) is 4.78. The number of ether oxygens (including phenoxy) is 2. The molecule has 0 radical (unpaired) electrons. The SMILES string of the molecule is COc1ccc(OC)c2c1CN(c1nnc(Cc3ccc(F)cc3)s1)CC2O. The Morgan fingerprint density at radius 3 is 2.54 bits per heavy atom. The topological polar surface area (TPSA) is 67.7 Å². The van der Waals surface area contributed by atoms with E-state index in [0.29, 0.717) is 31.0 Å². The van der Waals surface area contributed by atoms with E-state index >= 15 is 0 Å². The summed E-state index contributed by atoms with van der Waals surface area (Å²) in [5.41, 5.74) is 2.62. The molecule has 2 heterocycles. The van der Waals surface area contributed by atoms with Crippen LogP contribution in [0.5, 0.6) is 11.5 Å². The van der Waals surface area contributed by atoms with Crippen LogP contribution in [-0.2, 0) is 13.0 Å². The van der Waals surface area contributed by atoms with E-state index in [1.54, 1.807) is 26.4 Å². The Kier molecular flexibility index (Phi) is 5.15. The van der Waals surface area contributed by atoms with Crippen LogP contribution in [0.25, 0.3) is 0 Å². The molecule has 1 atom stereocenters. The Morgan fingerprint density at radius 1 is 1.11 bits per heavy atom. The van der Waals surface area contributed by atoms with Crippen molar-refractivity contribution < 1.29 is 19.0 Å². The molecule has 1 aliphatic heterocycles. The lowest BCUT2D eigenvalue weighted by molar-refractivity contribution is 0.169. The maximum atomic E-state index is 13.1. The van der Waals surface area contributed by atoms with Crippen molar-refractivity contribution in [3.05, 3.63) is 63.9 Å². The van der Waals surface area contributed by atoms with Crippen molar-refractivity contribution >= 4 is 16.5 Å². The third-order valence-corrected chi connectivity index (χ3v) is 5.77. The van der Waals surface area contributed by atoms with Crippen LogP contribution >= 0.6 is 11.3 Å². The minimum Gasteiger partial charge on any atom is -0.496 e. The average Bonchev–Trinajstić information content (AvgIpc) is 3.17. The van der Waals surface area contributed by atoms with Gasteiger partial charge in [0.05, 0.1) is 20.8 Å². The second kappa shape index (κ2) is 7.73. The van der Waals surface area contributed by atoms with Crippen LogP contribution in [0, 0.1) is 5.82 Å². The zero-order valence-corrected chi connectivity index (χ0v) is 16.4. The molecule has 4 rings (SSSR count). The van der Waals surface area contributed by atoms with Gasteiger partial charge < -0.3 is 19.5 Å². The molecule has 0 fully saturated rings. The normalized spacial score (nSPS) is 16.0. The number of rotatable bonds is 5. The van der Waals surface area contributed by atoms with Crippen LogP contribution in [0.2, 0.25) is 0 Å². The van der Waals surface area contributed by atoms with E-state index in [1.807, 2.05) is 17.0 Å². The first-order valence-electron chi connectivity index (χ1n) is 8.82. The fraction of sp³-hybridized carbons (Fsp3) is 0.300. The fourth-order valence-corrected chi connectivity index (χ4v) is 4.32. The molecule has 0 amide bonds. The zero-order valence-electron chi connectivity index (χ0n) is 15.6. The van der Waals surface area contributed by atoms with Crippen LogP contribution < -0.4 is 14.4 Å². The predicted octanol–water partition coefficient (Wildman–Crippen LogP) is 3.34. The summed E-state index contributed by atoms with van der Waals surface area (Å²) < 4.78 is 24.0. The highest BCUT2D eigenvalue weighted by Crippen LogP contribution is 2.41. The Bertz CT molecular complexity index is 977. The van der Waals surface area contributed by atoms with Crippen molar-refractivity contribution in [3.63, 3.8) is 0 Å². The third kappa shape index (κ3) is 3.53. The van der Waals surface area contributed by atoms with E-state index < -0.39 is 6.10 Å². The van der Waals surface area contributed by atoms with Crippen LogP contribution in [0.4, 0.5) is 9.52 Å². The van der Waals surface area contributed by atoms with Crippen molar-refractivity contribution in [3.8, 4) is 11.5 Å². The molecule has 6 nitrogen and oxygen atoms in total. The Labute approximate surface area is 166 Å². The number of nitrogens with zero attached hydrogens (tertiary/aromatic N) is 3. The summed E-state index contributed by atoms with van der Waals surface area (Å²) in [5, 5.41) is 20.9. The summed E-state index contributed by atoms with van der Waals surface area (Å²) in [6.45, 7) is 0.930.